The van der Waals surface area contributed by atoms with Crippen LogP contribution in [-0.4, -0.2) is 54.3 Å². The molecule has 6 heteroatoms. The normalized spacial score (nSPS) is 15.3. The molecule has 1 atom stereocenters. The third-order valence-corrected chi connectivity index (χ3v) is 4.04. The summed E-state index contributed by atoms with van der Waals surface area (Å²) < 4.78 is 13.2. The van der Waals surface area contributed by atoms with E-state index < -0.39 is 6.04 Å². The number of benzene rings is 1. The van der Waals surface area contributed by atoms with Crippen molar-refractivity contribution >= 4 is 11.8 Å². The summed E-state index contributed by atoms with van der Waals surface area (Å²) in [6.45, 7) is 2.30. The summed E-state index contributed by atoms with van der Waals surface area (Å²) in [6.07, 6.45) is 2.08. The number of amides is 2. The monoisotopic (exact) mass is 321 g/mol. The first kappa shape index (κ1) is 17.4. The Labute approximate surface area is 136 Å². The highest BCUT2D eigenvalue weighted by molar-refractivity contribution is 5.83. The first-order chi connectivity index (χ1) is 10.9. The molecule has 1 aromatic carbocycles. The average Bonchev–Trinajstić information content (AvgIpc) is 3.29. The lowest BCUT2D eigenvalue weighted by Gasteiger charge is -2.27. The minimum atomic E-state index is -0.418. The second kappa shape index (κ2) is 7.55. The molecule has 23 heavy (non-hydrogen) atoms. The van der Waals surface area contributed by atoms with Crippen molar-refractivity contribution in [1.82, 2.24) is 15.1 Å². The molecule has 0 radical (unpaired) electrons. The van der Waals surface area contributed by atoms with Gasteiger partial charge in [-0.15, -0.1) is 0 Å². The van der Waals surface area contributed by atoms with Crippen LogP contribution in [0, 0.1) is 5.82 Å². The molecule has 126 valence electrons. The van der Waals surface area contributed by atoms with Gasteiger partial charge >= 0.3 is 0 Å². The van der Waals surface area contributed by atoms with Gasteiger partial charge in [-0.05, 0) is 44.5 Å². The number of rotatable bonds is 7. The molecular weight excluding hydrogens is 297 g/mol. The van der Waals surface area contributed by atoms with Gasteiger partial charge in [-0.2, -0.15) is 0 Å². The van der Waals surface area contributed by atoms with Gasteiger partial charge in [0, 0.05) is 19.6 Å². The fourth-order valence-electron chi connectivity index (χ4n) is 2.36. The van der Waals surface area contributed by atoms with Crippen LogP contribution < -0.4 is 5.32 Å². The Hall–Kier alpha value is -1.95. The minimum Gasteiger partial charge on any atom is -0.352 e. The number of nitrogens with one attached hydrogen (secondary N) is 1. The molecule has 2 amide bonds. The number of hydrogen-bond acceptors (Lipinski definition) is 3. The van der Waals surface area contributed by atoms with E-state index in [1.165, 1.54) is 12.1 Å². The lowest BCUT2D eigenvalue weighted by Crippen LogP contribution is -2.47. The Bertz CT molecular complexity index is 575. The van der Waals surface area contributed by atoms with E-state index in [0.717, 1.165) is 18.4 Å². The molecule has 0 aromatic heterocycles. The number of carbonyl (C=O) groups is 2. The van der Waals surface area contributed by atoms with Crippen molar-refractivity contribution in [2.75, 3.05) is 20.6 Å². The van der Waals surface area contributed by atoms with Crippen molar-refractivity contribution in [3.63, 3.8) is 0 Å². The highest BCUT2D eigenvalue weighted by Gasteiger charge is 2.26. The van der Waals surface area contributed by atoms with Crippen molar-refractivity contribution in [1.29, 1.82) is 0 Å². The summed E-state index contributed by atoms with van der Waals surface area (Å²) in [5, 5.41) is 2.91. The molecule has 0 heterocycles. The van der Waals surface area contributed by atoms with Crippen molar-refractivity contribution in [2.45, 2.75) is 38.4 Å². The van der Waals surface area contributed by atoms with Crippen LogP contribution in [0.4, 0.5) is 4.39 Å². The van der Waals surface area contributed by atoms with E-state index in [9.17, 15) is 14.0 Å². The molecular formula is C17H24FN3O2. The summed E-state index contributed by atoms with van der Waals surface area (Å²) >= 11 is 0. The van der Waals surface area contributed by atoms with Crippen molar-refractivity contribution < 1.29 is 14.0 Å². The highest BCUT2D eigenvalue weighted by atomic mass is 19.1. The molecule has 5 nitrogen and oxygen atoms in total. The van der Waals surface area contributed by atoms with Crippen LogP contribution in [0.3, 0.4) is 0 Å². The zero-order valence-electron chi connectivity index (χ0n) is 13.9. The van der Waals surface area contributed by atoms with Gasteiger partial charge in [-0.3, -0.25) is 14.5 Å². The average molecular weight is 321 g/mol. The smallest absolute Gasteiger partial charge is 0.239 e. The standard InChI is InChI=1S/C17H24FN3O2/c1-12(20(2)11-16(22)19-15-7-8-15)17(23)21(3)10-13-5-4-6-14(18)9-13/h4-6,9,12,15H,7-8,10-11H2,1-3H3,(H,19,22)/t12-/m1/s1. The Morgan fingerprint density at radius 1 is 1.35 bits per heavy atom. The predicted octanol–water partition coefficient (Wildman–Crippen LogP) is 1.38. The van der Waals surface area contributed by atoms with Gasteiger partial charge in [0.25, 0.3) is 0 Å². The van der Waals surface area contributed by atoms with E-state index in [-0.39, 0.29) is 24.2 Å². The zero-order chi connectivity index (χ0) is 17.0. The van der Waals surface area contributed by atoms with Crippen LogP contribution in [0.1, 0.15) is 25.3 Å². The van der Waals surface area contributed by atoms with Crippen LogP contribution in [0.5, 0.6) is 0 Å². The van der Waals surface area contributed by atoms with E-state index in [0.29, 0.717) is 12.6 Å². The van der Waals surface area contributed by atoms with Crippen molar-refractivity contribution in [3.05, 3.63) is 35.6 Å². The maximum Gasteiger partial charge on any atom is 0.239 e. The Balaban J connectivity index is 1.85. The third-order valence-electron chi connectivity index (χ3n) is 4.04. The molecule has 0 spiro atoms. The summed E-state index contributed by atoms with van der Waals surface area (Å²) in [6, 6.07) is 6.10. The molecule has 1 aromatic rings. The van der Waals surface area contributed by atoms with Crippen LogP contribution in [0.15, 0.2) is 24.3 Å². The molecule has 0 aliphatic heterocycles. The number of halogens is 1. The van der Waals surface area contributed by atoms with Crippen LogP contribution in [-0.2, 0) is 16.1 Å². The first-order valence-corrected chi connectivity index (χ1v) is 7.86. The van der Waals surface area contributed by atoms with E-state index in [2.05, 4.69) is 5.32 Å². The quantitative estimate of drug-likeness (QED) is 0.825. The summed E-state index contributed by atoms with van der Waals surface area (Å²) in [7, 11) is 3.44. The molecule has 1 N–H and O–H groups in total. The van der Waals surface area contributed by atoms with Gasteiger partial charge in [0.05, 0.1) is 12.6 Å². The first-order valence-electron chi connectivity index (χ1n) is 7.86. The molecule has 1 aliphatic carbocycles. The van der Waals surface area contributed by atoms with Gasteiger partial charge in [0.2, 0.25) is 11.8 Å². The molecule has 0 saturated heterocycles. The second-order valence-electron chi connectivity index (χ2n) is 6.26. The van der Waals surface area contributed by atoms with Gasteiger partial charge in [0.1, 0.15) is 5.82 Å². The Morgan fingerprint density at radius 3 is 2.65 bits per heavy atom. The third kappa shape index (κ3) is 5.32. The van der Waals surface area contributed by atoms with E-state index in [4.69, 9.17) is 0 Å². The molecule has 1 fully saturated rings. The van der Waals surface area contributed by atoms with Crippen molar-refractivity contribution in [3.8, 4) is 0 Å². The van der Waals surface area contributed by atoms with Gasteiger partial charge < -0.3 is 10.2 Å². The molecule has 1 saturated carbocycles. The number of hydrogen-bond donors (Lipinski definition) is 1. The van der Waals surface area contributed by atoms with Crippen LogP contribution in [0.2, 0.25) is 0 Å². The molecule has 0 bridgehead atoms. The maximum atomic E-state index is 13.2. The highest BCUT2D eigenvalue weighted by Crippen LogP contribution is 2.18. The Morgan fingerprint density at radius 2 is 2.04 bits per heavy atom. The lowest BCUT2D eigenvalue weighted by atomic mass is 10.2. The van der Waals surface area contributed by atoms with E-state index >= 15 is 0 Å². The maximum absolute atomic E-state index is 13.2. The lowest BCUT2D eigenvalue weighted by molar-refractivity contribution is -0.136. The second-order valence-corrected chi connectivity index (χ2v) is 6.26. The minimum absolute atomic E-state index is 0.0533. The molecule has 0 unspecified atom stereocenters. The van der Waals surface area contributed by atoms with E-state index in [1.807, 2.05) is 0 Å². The van der Waals surface area contributed by atoms with Gasteiger partial charge in [0.15, 0.2) is 0 Å². The van der Waals surface area contributed by atoms with Gasteiger partial charge in [-0.25, -0.2) is 4.39 Å². The number of nitrogens with zero attached hydrogens (tertiary/aromatic N) is 2. The van der Waals surface area contributed by atoms with Crippen LogP contribution in [0.25, 0.3) is 0 Å². The zero-order valence-corrected chi connectivity index (χ0v) is 13.9. The Kier molecular flexibility index (Phi) is 5.71. The van der Waals surface area contributed by atoms with Gasteiger partial charge in [-0.1, -0.05) is 12.1 Å². The SMILES string of the molecule is C[C@H](C(=O)N(C)Cc1cccc(F)c1)N(C)CC(=O)NC1CC1. The summed E-state index contributed by atoms with van der Waals surface area (Å²) in [5.41, 5.74) is 0.738. The largest absolute Gasteiger partial charge is 0.352 e. The van der Waals surface area contributed by atoms with Crippen LogP contribution >= 0.6 is 0 Å². The summed E-state index contributed by atoms with van der Waals surface area (Å²) in [5.74, 6) is -0.469. The molecule has 1 aliphatic rings. The number of likely N-dealkylation sites (N-methyl/N-ethyl adjacent to an activating group) is 2. The fraction of sp³-hybridized carbons (Fsp3) is 0.529. The van der Waals surface area contributed by atoms with E-state index in [1.54, 1.807) is 43.0 Å². The number of carbonyl (C=O) groups excluding carboxylic acids is 2. The topological polar surface area (TPSA) is 52.7 Å². The fourth-order valence-corrected chi connectivity index (χ4v) is 2.36. The predicted molar refractivity (Wildman–Crippen MR) is 86.1 cm³/mol. The summed E-state index contributed by atoms with van der Waals surface area (Å²) in [4.78, 5) is 27.5. The van der Waals surface area contributed by atoms with Crippen molar-refractivity contribution in [2.24, 2.45) is 0 Å². The molecule has 2 rings (SSSR count).